The summed E-state index contributed by atoms with van der Waals surface area (Å²) in [5.41, 5.74) is 2.19. The molecule has 7 heteroatoms. The number of aliphatic hydroxyl groups is 1. The van der Waals surface area contributed by atoms with Crippen LogP contribution in [0, 0.1) is 17.2 Å². The molecule has 2 aliphatic rings. The van der Waals surface area contributed by atoms with E-state index >= 15 is 0 Å². The summed E-state index contributed by atoms with van der Waals surface area (Å²) in [7, 11) is 0. The van der Waals surface area contributed by atoms with Crippen LogP contribution in [0.1, 0.15) is 40.4 Å². The minimum Gasteiger partial charge on any atom is -0.386 e. The van der Waals surface area contributed by atoms with Crippen LogP contribution in [0.5, 0.6) is 0 Å². The Morgan fingerprint density at radius 3 is 2.53 bits per heavy atom. The Hall–Kier alpha value is -3.21. The van der Waals surface area contributed by atoms with Gasteiger partial charge in [0.1, 0.15) is 12.7 Å². The van der Waals surface area contributed by atoms with Crippen LogP contribution in [0.25, 0.3) is 0 Å². The summed E-state index contributed by atoms with van der Waals surface area (Å²) >= 11 is 0. The summed E-state index contributed by atoms with van der Waals surface area (Å²) in [6.45, 7) is 1.04. The number of hydrogen-bond acceptors (Lipinski definition) is 5. The number of benzene rings is 2. The zero-order valence-electron chi connectivity index (χ0n) is 16.5. The van der Waals surface area contributed by atoms with E-state index in [0.29, 0.717) is 41.4 Å². The van der Waals surface area contributed by atoms with Gasteiger partial charge < -0.3 is 20.1 Å². The van der Waals surface area contributed by atoms with E-state index in [1.165, 1.54) is 0 Å². The second kappa shape index (κ2) is 8.66. The third kappa shape index (κ3) is 4.51. The molecule has 30 heavy (non-hydrogen) atoms. The van der Waals surface area contributed by atoms with Crippen molar-refractivity contribution in [3.8, 4) is 6.07 Å². The molecule has 0 radical (unpaired) electrons. The average Bonchev–Trinajstić information content (AvgIpc) is 3.59. The topological polar surface area (TPSA) is 103 Å². The molecule has 0 aromatic heterocycles. The molecule has 1 aliphatic heterocycles. The lowest BCUT2D eigenvalue weighted by molar-refractivity contribution is -0.154. The van der Waals surface area contributed by atoms with Crippen molar-refractivity contribution in [3.05, 3.63) is 65.2 Å². The number of carbonyl (C=O) groups is 2. The molecule has 1 saturated heterocycles. The Labute approximate surface area is 174 Å². The Balaban J connectivity index is 1.42. The Morgan fingerprint density at radius 2 is 1.90 bits per heavy atom. The van der Waals surface area contributed by atoms with Crippen LogP contribution < -0.4 is 5.32 Å². The second-order valence-corrected chi connectivity index (χ2v) is 7.78. The number of morpholine rings is 1. The van der Waals surface area contributed by atoms with Gasteiger partial charge in [0.2, 0.25) is 5.91 Å². The average molecular weight is 405 g/mol. The van der Waals surface area contributed by atoms with Gasteiger partial charge in [0.05, 0.1) is 24.3 Å². The van der Waals surface area contributed by atoms with Crippen molar-refractivity contribution in [2.45, 2.75) is 25.0 Å². The van der Waals surface area contributed by atoms with E-state index in [2.05, 4.69) is 5.32 Å². The van der Waals surface area contributed by atoms with E-state index in [1.54, 1.807) is 53.4 Å². The molecule has 1 saturated carbocycles. The monoisotopic (exact) mass is 405 g/mol. The summed E-state index contributed by atoms with van der Waals surface area (Å²) in [5.74, 6) is 0.166. The number of rotatable bonds is 6. The summed E-state index contributed by atoms with van der Waals surface area (Å²) < 4.78 is 5.38. The van der Waals surface area contributed by atoms with Gasteiger partial charge in [-0.2, -0.15) is 5.26 Å². The number of ether oxygens (including phenoxy) is 1. The van der Waals surface area contributed by atoms with Gasteiger partial charge in [0, 0.05) is 17.8 Å². The quantitative estimate of drug-likeness (QED) is 0.769. The molecule has 2 amide bonds. The van der Waals surface area contributed by atoms with E-state index < -0.39 is 12.1 Å². The van der Waals surface area contributed by atoms with Crippen LogP contribution in [-0.2, 0) is 9.53 Å². The highest BCUT2D eigenvalue weighted by Gasteiger charge is 2.37. The fraction of sp³-hybridized carbons (Fsp3) is 0.348. The van der Waals surface area contributed by atoms with Crippen molar-refractivity contribution < 1.29 is 19.4 Å². The largest absolute Gasteiger partial charge is 0.386 e. The lowest BCUT2D eigenvalue weighted by Gasteiger charge is -2.38. The van der Waals surface area contributed by atoms with Gasteiger partial charge in [-0.25, -0.2) is 0 Å². The first kappa shape index (κ1) is 20.1. The third-order valence-corrected chi connectivity index (χ3v) is 5.54. The molecule has 2 atom stereocenters. The molecular formula is C23H23N3O4. The SMILES string of the molecule is N#Cc1ccc(C(=O)Nc2ccc(C(O)C3COCC(=O)N3CC3CC3)cc2)cc1. The van der Waals surface area contributed by atoms with Crippen molar-refractivity contribution in [1.29, 1.82) is 5.26 Å². The molecule has 2 unspecified atom stereocenters. The fourth-order valence-electron chi connectivity index (χ4n) is 3.59. The summed E-state index contributed by atoms with van der Waals surface area (Å²) in [6, 6.07) is 14.9. The van der Waals surface area contributed by atoms with Crippen molar-refractivity contribution in [3.63, 3.8) is 0 Å². The zero-order chi connectivity index (χ0) is 21.1. The van der Waals surface area contributed by atoms with E-state index in [0.717, 1.165) is 12.8 Å². The maximum atomic E-state index is 12.4. The molecule has 4 rings (SSSR count). The second-order valence-electron chi connectivity index (χ2n) is 7.78. The van der Waals surface area contributed by atoms with Gasteiger partial charge in [-0.15, -0.1) is 0 Å². The minimum absolute atomic E-state index is 0.0657. The highest BCUT2D eigenvalue weighted by Crippen LogP contribution is 2.33. The first-order valence-corrected chi connectivity index (χ1v) is 10.0. The van der Waals surface area contributed by atoms with Crippen molar-refractivity contribution >= 4 is 17.5 Å². The van der Waals surface area contributed by atoms with Gasteiger partial charge in [-0.3, -0.25) is 9.59 Å². The van der Waals surface area contributed by atoms with Crippen LogP contribution in [0.3, 0.4) is 0 Å². The molecule has 0 bridgehead atoms. The molecule has 1 heterocycles. The third-order valence-electron chi connectivity index (χ3n) is 5.54. The predicted octanol–water partition coefficient (Wildman–Crippen LogP) is 2.48. The normalized spacial score (nSPS) is 19.8. The number of carbonyl (C=O) groups excluding carboxylic acids is 2. The molecular weight excluding hydrogens is 382 g/mol. The van der Waals surface area contributed by atoms with Crippen LogP contribution in [-0.4, -0.2) is 47.6 Å². The number of aliphatic hydroxyl groups excluding tert-OH is 1. The molecule has 2 fully saturated rings. The van der Waals surface area contributed by atoms with Crippen LogP contribution in [0.15, 0.2) is 48.5 Å². The lowest BCUT2D eigenvalue weighted by atomic mass is 9.99. The number of amides is 2. The minimum atomic E-state index is -0.865. The Kier molecular flexibility index (Phi) is 5.79. The van der Waals surface area contributed by atoms with Crippen LogP contribution >= 0.6 is 0 Å². The van der Waals surface area contributed by atoms with Gasteiger partial charge in [0.25, 0.3) is 5.91 Å². The van der Waals surface area contributed by atoms with Crippen LogP contribution in [0.4, 0.5) is 5.69 Å². The van der Waals surface area contributed by atoms with E-state index in [-0.39, 0.29) is 18.4 Å². The summed E-state index contributed by atoms with van der Waals surface area (Å²) in [4.78, 5) is 26.4. The highest BCUT2D eigenvalue weighted by molar-refractivity contribution is 6.04. The lowest BCUT2D eigenvalue weighted by Crippen LogP contribution is -2.52. The first-order valence-electron chi connectivity index (χ1n) is 10.0. The number of hydrogen-bond donors (Lipinski definition) is 2. The molecule has 2 N–H and O–H groups in total. The van der Waals surface area contributed by atoms with Gasteiger partial charge in [0.15, 0.2) is 0 Å². The zero-order valence-corrected chi connectivity index (χ0v) is 16.5. The predicted molar refractivity (Wildman–Crippen MR) is 110 cm³/mol. The summed E-state index contributed by atoms with van der Waals surface area (Å²) in [6.07, 6.45) is 1.39. The van der Waals surface area contributed by atoms with Gasteiger partial charge in [-0.05, 0) is 60.7 Å². The number of nitrogens with one attached hydrogen (secondary N) is 1. The maximum absolute atomic E-state index is 12.4. The highest BCUT2D eigenvalue weighted by atomic mass is 16.5. The fourth-order valence-corrected chi connectivity index (χ4v) is 3.59. The molecule has 154 valence electrons. The molecule has 7 nitrogen and oxygen atoms in total. The van der Waals surface area contributed by atoms with E-state index in [4.69, 9.17) is 10.00 Å². The van der Waals surface area contributed by atoms with Gasteiger partial charge in [-0.1, -0.05) is 12.1 Å². The van der Waals surface area contributed by atoms with Gasteiger partial charge >= 0.3 is 0 Å². The van der Waals surface area contributed by atoms with E-state index in [9.17, 15) is 14.7 Å². The smallest absolute Gasteiger partial charge is 0.255 e. The molecule has 1 aliphatic carbocycles. The van der Waals surface area contributed by atoms with Crippen molar-refractivity contribution in [2.75, 3.05) is 25.1 Å². The molecule has 0 spiro atoms. The van der Waals surface area contributed by atoms with Crippen molar-refractivity contribution in [1.82, 2.24) is 4.90 Å². The number of nitrogens with zero attached hydrogens (tertiary/aromatic N) is 2. The first-order chi connectivity index (χ1) is 14.5. The maximum Gasteiger partial charge on any atom is 0.255 e. The number of nitriles is 1. The van der Waals surface area contributed by atoms with Crippen molar-refractivity contribution in [2.24, 2.45) is 5.92 Å². The Bertz CT molecular complexity index is 961. The standard InChI is InChI=1S/C23H23N3O4/c24-11-15-3-5-18(6-4-15)23(29)25-19-9-7-17(8-10-19)22(28)20-13-30-14-21(27)26(20)12-16-1-2-16/h3-10,16,20,22,28H,1-2,12-14H2,(H,25,29). The Morgan fingerprint density at radius 1 is 1.20 bits per heavy atom. The number of anilines is 1. The molecule has 2 aromatic rings. The van der Waals surface area contributed by atoms with Crippen LogP contribution in [0.2, 0.25) is 0 Å². The summed E-state index contributed by atoms with van der Waals surface area (Å²) in [5, 5.41) is 22.5. The molecule has 2 aromatic carbocycles. The van der Waals surface area contributed by atoms with E-state index in [1.807, 2.05) is 6.07 Å².